The number of fused-ring (bicyclic) bond motifs is 2. The van der Waals surface area contributed by atoms with Gasteiger partial charge in [-0.2, -0.15) is 0 Å². The third kappa shape index (κ3) is 3.48. The summed E-state index contributed by atoms with van der Waals surface area (Å²) in [5, 5.41) is 3.98. The number of thioether (sulfide) groups is 1. The molecule has 1 unspecified atom stereocenters. The van der Waals surface area contributed by atoms with Crippen molar-refractivity contribution in [3.05, 3.63) is 88.5 Å². The number of ketones is 2. The zero-order chi connectivity index (χ0) is 20.5. The van der Waals surface area contributed by atoms with Crippen LogP contribution in [0, 0.1) is 11.8 Å². The lowest BCUT2D eigenvalue weighted by molar-refractivity contribution is -0.119. The molecule has 0 saturated heterocycles. The number of allylic oxidation sites excluding steroid dienone is 2. The molecule has 3 aromatic rings. The SMILES string of the molecule is O=C1C(Sc2ccccc2)=CC[C@H]2Cc3onc(OCc4ccccc4)c3C(=O)C12. The molecule has 0 aliphatic heterocycles. The fraction of sp³-hybridized carbons (Fsp3) is 0.208. The average Bonchev–Trinajstić information content (AvgIpc) is 3.19. The first-order chi connectivity index (χ1) is 14.7. The van der Waals surface area contributed by atoms with Crippen LogP contribution in [0.15, 0.2) is 81.1 Å². The average molecular weight is 417 g/mol. The van der Waals surface area contributed by atoms with Crippen LogP contribution in [0.5, 0.6) is 5.88 Å². The summed E-state index contributed by atoms with van der Waals surface area (Å²) in [5.74, 6) is -0.456. The van der Waals surface area contributed by atoms with Crippen molar-refractivity contribution in [2.24, 2.45) is 11.8 Å². The van der Waals surface area contributed by atoms with E-state index in [2.05, 4.69) is 5.16 Å². The quantitative estimate of drug-likeness (QED) is 0.552. The molecule has 30 heavy (non-hydrogen) atoms. The van der Waals surface area contributed by atoms with Gasteiger partial charge in [-0.25, -0.2) is 0 Å². The van der Waals surface area contributed by atoms with Gasteiger partial charge >= 0.3 is 0 Å². The lowest BCUT2D eigenvalue weighted by atomic mass is 9.71. The number of Topliss-reactive ketones (excluding diaryl/α,β-unsaturated/α-hetero) is 2. The highest BCUT2D eigenvalue weighted by atomic mass is 32.2. The molecule has 0 N–H and O–H groups in total. The van der Waals surface area contributed by atoms with Gasteiger partial charge in [0.2, 0.25) is 0 Å². The summed E-state index contributed by atoms with van der Waals surface area (Å²) in [4.78, 5) is 28.1. The van der Waals surface area contributed by atoms with E-state index in [1.54, 1.807) is 0 Å². The summed E-state index contributed by atoms with van der Waals surface area (Å²) in [5.41, 5.74) is 1.29. The Morgan fingerprint density at radius 2 is 1.73 bits per heavy atom. The van der Waals surface area contributed by atoms with Crippen molar-refractivity contribution in [3.8, 4) is 5.88 Å². The monoisotopic (exact) mass is 417 g/mol. The van der Waals surface area contributed by atoms with Crippen molar-refractivity contribution in [1.82, 2.24) is 5.16 Å². The molecular formula is C24H19NO4S. The molecule has 1 heterocycles. The number of hydrogen-bond donors (Lipinski definition) is 0. The van der Waals surface area contributed by atoms with Gasteiger partial charge in [-0.15, -0.1) is 0 Å². The minimum Gasteiger partial charge on any atom is -0.470 e. The lowest BCUT2D eigenvalue weighted by Crippen LogP contribution is -2.39. The fourth-order valence-electron chi connectivity index (χ4n) is 4.01. The number of rotatable bonds is 5. The Kier molecular flexibility index (Phi) is 5.01. The summed E-state index contributed by atoms with van der Waals surface area (Å²) in [6, 6.07) is 19.4. The Hall–Kier alpha value is -3.12. The van der Waals surface area contributed by atoms with Crippen molar-refractivity contribution in [2.45, 2.75) is 24.3 Å². The Morgan fingerprint density at radius 1 is 1.00 bits per heavy atom. The summed E-state index contributed by atoms with van der Waals surface area (Å²) < 4.78 is 11.2. The third-order valence-electron chi connectivity index (χ3n) is 5.50. The highest BCUT2D eigenvalue weighted by molar-refractivity contribution is 8.04. The maximum Gasteiger partial charge on any atom is 0.265 e. The maximum absolute atomic E-state index is 13.3. The van der Waals surface area contributed by atoms with Crippen LogP contribution in [-0.4, -0.2) is 16.7 Å². The molecule has 0 amide bonds. The number of carbonyl (C=O) groups is 2. The van der Waals surface area contributed by atoms with Crippen LogP contribution in [0.4, 0.5) is 0 Å². The number of carbonyl (C=O) groups excluding carboxylic acids is 2. The number of aromatic nitrogens is 1. The fourth-order valence-corrected chi connectivity index (χ4v) is 4.97. The number of nitrogens with zero attached hydrogens (tertiary/aromatic N) is 1. The molecule has 2 aliphatic rings. The Balaban J connectivity index is 1.37. The molecule has 0 fully saturated rings. The van der Waals surface area contributed by atoms with Crippen molar-refractivity contribution in [2.75, 3.05) is 0 Å². The minimum atomic E-state index is -0.702. The molecule has 5 nitrogen and oxygen atoms in total. The van der Waals surface area contributed by atoms with E-state index in [1.807, 2.05) is 66.7 Å². The van der Waals surface area contributed by atoms with Gasteiger partial charge in [0.25, 0.3) is 5.88 Å². The predicted octanol–water partition coefficient (Wildman–Crippen LogP) is 4.87. The van der Waals surface area contributed by atoms with E-state index in [-0.39, 0.29) is 30.0 Å². The second-order valence-corrected chi connectivity index (χ2v) is 8.57. The topological polar surface area (TPSA) is 69.4 Å². The molecule has 1 aromatic heterocycles. The van der Waals surface area contributed by atoms with E-state index in [1.165, 1.54) is 11.8 Å². The van der Waals surface area contributed by atoms with Crippen molar-refractivity contribution >= 4 is 23.3 Å². The number of benzene rings is 2. The minimum absolute atomic E-state index is 0.0902. The molecular weight excluding hydrogens is 398 g/mol. The largest absolute Gasteiger partial charge is 0.470 e. The van der Waals surface area contributed by atoms with Gasteiger partial charge in [0, 0.05) is 11.3 Å². The lowest BCUT2D eigenvalue weighted by Gasteiger charge is -2.31. The Bertz CT molecular complexity index is 1120. The van der Waals surface area contributed by atoms with Gasteiger partial charge in [0.05, 0.1) is 10.8 Å². The van der Waals surface area contributed by atoms with Crippen LogP contribution in [-0.2, 0) is 17.8 Å². The Labute approximate surface area is 178 Å². The van der Waals surface area contributed by atoms with E-state index >= 15 is 0 Å². The van der Waals surface area contributed by atoms with Crippen LogP contribution in [0.2, 0.25) is 0 Å². The van der Waals surface area contributed by atoms with Gasteiger partial charge in [0.15, 0.2) is 17.3 Å². The molecule has 0 saturated carbocycles. The van der Waals surface area contributed by atoms with E-state index in [0.717, 1.165) is 10.5 Å². The first kappa shape index (κ1) is 18.9. The summed E-state index contributed by atoms with van der Waals surface area (Å²) >= 11 is 1.41. The normalized spacial score (nSPS) is 20.3. The van der Waals surface area contributed by atoms with Gasteiger partial charge in [-0.05, 0) is 35.2 Å². The number of hydrogen-bond acceptors (Lipinski definition) is 6. The summed E-state index contributed by atoms with van der Waals surface area (Å²) in [7, 11) is 0. The van der Waals surface area contributed by atoms with E-state index in [0.29, 0.717) is 29.1 Å². The van der Waals surface area contributed by atoms with Crippen LogP contribution < -0.4 is 4.74 Å². The van der Waals surface area contributed by atoms with Gasteiger partial charge in [-0.1, -0.05) is 66.4 Å². The zero-order valence-electron chi connectivity index (χ0n) is 16.1. The smallest absolute Gasteiger partial charge is 0.265 e. The highest BCUT2D eigenvalue weighted by Crippen LogP contribution is 2.43. The van der Waals surface area contributed by atoms with Gasteiger partial charge in [-0.3, -0.25) is 9.59 Å². The Morgan fingerprint density at radius 3 is 2.50 bits per heavy atom. The summed E-state index contributed by atoms with van der Waals surface area (Å²) in [6.07, 6.45) is 3.12. The molecule has 2 aromatic carbocycles. The summed E-state index contributed by atoms with van der Waals surface area (Å²) in [6.45, 7) is 0.282. The molecule has 0 bridgehead atoms. The highest BCUT2D eigenvalue weighted by Gasteiger charge is 2.46. The molecule has 2 aliphatic carbocycles. The standard InChI is InChI=1S/C24H19NO4S/c26-22-19(30-17-9-5-2-6-10-17)12-11-16-13-18-21(23(27)20(16)22)24(25-29-18)28-14-15-7-3-1-4-8-15/h1-10,12,16,20H,11,13-14H2/t16-,20?/m0/s1. The van der Waals surface area contributed by atoms with E-state index < -0.39 is 5.92 Å². The first-order valence-electron chi connectivity index (χ1n) is 9.87. The van der Waals surface area contributed by atoms with Crippen LogP contribution >= 0.6 is 11.8 Å². The molecule has 2 atom stereocenters. The second-order valence-electron chi connectivity index (χ2n) is 7.45. The van der Waals surface area contributed by atoms with Gasteiger partial charge in [0.1, 0.15) is 12.2 Å². The molecule has 0 radical (unpaired) electrons. The molecule has 6 heteroatoms. The molecule has 150 valence electrons. The predicted molar refractivity (Wildman–Crippen MR) is 112 cm³/mol. The van der Waals surface area contributed by atoms with Crippen molar-refractivity contribution < 1.29 is 18.8 Å². The van der Waals surface area contributed by atoms with Crippen LogP contribution in [0.25, 0.3) is 0 Å². The van der Waals surface area contributed by atoms with E-state index in [9.17, 15) is 9.59 Å². The zero-order valence-corrected chi connectivity index (χ0v) is 16.9. The maximum atomic E-state index is 13.3. The third-order valence-corrected chi connectivity index (χ3v) is 6.60. The number of ether oxygens (including phenoxy) is 1. The van der Waals surface area contributed by atoms with Crippen molar-refractivity contribution in [3.63, 3.8) is 0 Å². The molecule has 0 spiro atoms. The molecule has 5 rings (SSSR count). The first-order valence-corrected chi connectivity index (χ1v) is 10.7. The van der Waals surface area contributed by atoms with E-state index in [4.69, 9.17) is 9.26 Å². The second kappa shape index (κ2) is 7.95. The van der Waals surface area contributed by atoms with Crippen LogP contribution in [0.3, 0.4) is 0 Å². The van der Waals surface area contributed by atoms with Crippen molar-refractivity contribution in [1.29, 1.82) is 0 Å². The van der Waals surface area contributed by atoms with Crippen LogP contribution in [0.1, 0.15) is 28.1 Å². The van der Waals surface area contributed by atoms with Gasteiger partial charge < -0.3 is 9.26 Å².